The molecule has 12 atom stereocenters. The standard InChI is InChI=1S/C34H47NO9/c1-5-35-18-31(44-30(38)21-10-8-7-9-19(21)13-27(37)43-6-2)12-11-20(17-36)33-25(31)15-23(28(33)35)32(39)16-24(41-3)22-14-26(33)34(32,40)29(22)42-4/h7-10,20,22-26,28-29,36,39-40H,5-6,11-18H2,1-4H3/t20-,22-,23+,24+,25?,26?,28?,29+,31-,32+,33+,34+/m1/s1. The second kappa shape index (κ2) is 10.5. The number of hydrogen-bond acceptors (Lipinski definition) is 10. The Balaban J connectivity index is 1.34. The summed E-state index contributed by atoms with van der Waals surface area (Å²) in [7, 11) is 3.27. The number of hydrogen-bond donors (Lipinski definition) is 3. The monoisotopic (exact) mass is 613 g/mol. The maximum atomic E-state index is 14.2. The third kappa shape index (κ3) is 3.58. The van der Waals surface area contributed by atoms with Crippen molar-refractivity contribution in [3.05, 3.63) is 35.4 Å². The van der Waals surface area contributed by atoms with Gasteiger partial charge >= 0.3 is 11.9 Å². The highest BCUT2D eigenvalue weighted by Crippen LogP contribution is 2.80. The molecule has 242 valence electrons. The maximum absolute atomic E-state index is 14.2. The molecule has 0 amide bonds. The molecule has 1 aliphatic heterocycles. The Morgan fingerprint density at radius 2 is 1.84 bits per heavy atom. The molecule has 3 unspecified atom stereocenters. The van der Waals surface area contributed by atoms with Crippen LogP contribution in [-0.2, 0) is 30.2 Å². The SMILES string of the molecule is CCOC(=O)Cc1ccccc1C(=O)O[C@@]12CC[C@H](CO)[C@]34C([C@H](CC13)[C@@]1(O)C[C@H](OC)[C@H]3CC4[C@]1(O)[C@H]3OC)N(CC)C2. The fraction of sp³-hybridized carbons (Fsp3) is 0.765. The zero-order chi connectivity index (χ0) is 31.2. The summed E-state index contributed by atoms with van der Waals surface area (Å²) in [4.78, 5) is 28.9. The van der Waals surface area contributed by atoms with E-state index < -0.39 is 40.3 Å². The molecule has 0 radical (unpaired) electrons. The first-order chi connectivity index (χ1) is 21.1. The van der Waals surface area contributed by atoms with E-state index in [0.717, 1.165) is 0 Å². The quantitative estimate of drug-likeness (QED) is 0.355. The first-order valence-corrected chi connectivity index (χ1v) is 16.4. The molecule has 7 bridgehead atoms. The van der Waals surface area contributed by atoms with Gasteiger partial charge < -0.3 is 34.3 Å². The summed E-state index contributed by atoms with van der Waals surface area (Å²) in [6.45, 7) is 5.27. The Morgan fingerprint density at radius 1 is 1.07 bits per heavy atom. The summed E-state index contributed by atoms with van der Waals surface area (Å²) in [5.41, 5.74) is -3.54. The molecule has 7 rings (SSSR count). The lowest BCUT2D eigenvalue weighted by Crippen LogP contribution is -2.82. The molecule has 0 aromatic heterocycles. The van der Waals surface area contributed by atoms with Crippen molar-refractivity contribution in [3.63, 3.8) is 0 Å². The Bertz CT molecular complexity index is 1320. The average Bonchev–Trinajstić information content (AvgIpc) is 3.44. The maximum Gasteiger partial charge on any atom is 0.339 e. The first kappa shape index (κ1) is 30.6. The number of nitrogens with zero attached hydrogens (tertiary/aromatic N) is 1. The minimum atomic E-state index is -1.51. The van der Waals surface area contributed by atoms with Gasteiger partial charge in [0.2, 0.25) is 0 Å². The zero-order valence-corrected chi connectivity index (χ0v) is 26.2. The smallest absolute Gasteiger partial charge is 0.339 e. The highest BCUT2D eigenvalue weighted by molar-refractivity contribution is 5.93. The van der Waals surface area contributed by atoms with Gasteiger partial charge in [0.1, 0.15) is 16.8 Å². The lowest BCUT2D eigenvalue weighted by molar-refractivity contribution is -0.333. The zero-order valence-electron chi connectivity index (χ0n) is 26.2. The summed E-state index contributed by atoms with van der Waals surface area (Å²) in [6, 6.07) is 6.94. The van der Waals surface area contributed by atoms with Crippen LogP contribution in [0.3, 0.4) is 0 Å². The number of aliphatic hydroxyl groups excluding tert-OH is 1. The molecular weight excluding hydrogens is 566 g/mol. The van der Waals surface area contributed by atoms with Crippen molar-refractivity contribution < 1.29 is 43.9 Å². The highest BCUT2D eigenvalue weighted by Gasteiger charge is 2.88. The first-order valence-electron chi connectivity index (χ1n) is 16.4. The van der Waals surface area contributed by atoms with E-state index in [9.17, 15) is 24.9 Å². The van der Waals surface area contributed by atoms with Gasteiger partial charge in [0.25, 0.3) is 0 Å². The number of benzene rings is 1. The summed E-state index contributed by atoms with van der Waals surface area (Å²) in [6.07, 6.45) is 1.84. The predicted molar refractivity (Wildman–Crippen MR) is 158 cm³/mol. The second-order valence-electron chi connectivity index (χ2n) is 14.3. The van der Waals surface area contributed by atoms with Crippen molar-refractivity contribution in [2.45, 2.75) is 87.4 Å². The molecule has 5 saturated carbocycles. The van der Waals surface area contributed by atoms with E-state index in [1.54, 1.807) is 45.4 Å². The molecule has 1 aromatic carbocycles. The number of carbonyl (C=O) groups is 2. The Labute approximate surface area is 259 Å². The largest absolute Gasteiger partial charge is 0.466 e. The Hall–Kier alpha value is -2.08. The van der Waals surface area contributed by atoms with Crippen molar-refractivity contribution in [2.75, 3.05) is 40.5 Å². The number of fused-ring (bicyclic) bond motifs is 2. The van der Waals surface area contributed by atoms with Gasteiger partial charge in [-0.05, 0) is 56.7 Å². The number of ether oxygens (including phenoxy) is 4. The van der Waals surface area contributed by atoms with Gasteiger partial charge in [-0.3, -0.25) is 9.69 Å². The van der Waals surface area contributed by atoms with Gasteiger partial charge in [-0.25, -0.2) is 4.79 Å². The van der Waals surface area contributed by atoms with Crippen molar-refractivity contribution >= 4 is 11.9 Å². The van der Waals surface area contributed by atoms with Gasteiger partial charge in [0.05, 0.1) is 30.8 Å². The van der Waals surface area contributed by atoms with Crippen LogP contribution >= 0.6 is 0 Å². The van der Waals surface area contributed by atoms with Crippen LogP contribution in [0.5, 0.6) is 0 Å². The molecule has 1 spiro atoms. The van der Waals surface area contributed by atoms with Crippen molar-refractivity contribution in [1.82, 2.24) is 4.90 Å². The average molecular weight is 614 g/mol. The van der Waals surface area contributed by atoms with Crippen molar-refractivity contribution in [2.24, 2.45) is 35.0 Å². The normalized spacial score (nSPS) is 46.5. The van der Waals surface area contributed by atoms with Crippen LogP contribution in [-0.4, -0.2) is 108 Å². The van der Waals surface area contributed by atoms with Crippen LogP contribution < -0.4 is 0 Å². The number of carbonyl (C=O) groups excluding carboxylic acids is 2. The molecule has 10 heteroatoms. The van der Waals surface area contributed by atoms with Gasteiger partial charge in [-0.15, -0.1) is 0 Å². The lowest BCUT2D eigenvalue weighted by atomic mass is 9.42. The van der Waals surface area contributed by atoms with Gasteiger partial charge in [-0.2, -0.15) is 0 Å². The van der Waals surface area contributed by atoms with E-state index in [1.165, 1.54) is 0 Å². The van der Waals surface area contributed by atoms with E-state index in [4.69, 9.17) is 18.9 Å². The highest BCUT2D eigenvalue weighted by atomic mass is 16.6. The number of aliphatic hydroxyl groups is 3. The summed E-state index contributed by atoms with van der Waals surface area (Å²) >= 11 is 0. The minimum absolute atomic E-state index is 0.0279. The summed E-state index contributed by atoms with van der Waals surface area (Å²) in [5, 5.41) is 36.7. The number of likely N-dealkylation sites (N-methyl/N-ethyl adjacent to an activating group) is 1. The van der Waals surface area contributed by atoms with Gasteiger partial charge in [-0.1, -0.05) is 25.1 Å². The molecule has 1 saturated heterocycles. The van der Waals surface area contributed by atoms with Crippen molar-refractivity contribution in [1.29, 1.82) is 0 Å². The van der Waals surface area contributed by atoms with E-state index in [2.05, 4.69) is 11.8 Å². The molecule has 44 heavy (non-hydrogen) atoms. The Morgan fingerprint density at radius 3 is 2.52 bits per heavy atom. The van der Waals surface area contributed by atoms with E-state index in [1.807, 2.05) is 0 Å². The molecular formula is C34H47NO9. The predicted octanol–water partition coefficient (Wildman–Crippen LogP) is 1.96. The number of piperidine rings is 1. The molecule has 6 fully saturated rings. The lowest BCUT2D eigenvalue weighted by Gasteiger charge is -2.71. The van der Waals surface area contributed by atoms with Gasteiger partial charge in [0.15, 0.2) is 0 Å². The third-order valence-electron chi connectivity index (χ3n) is 13.2. The summed E-state index contributed by atoms with van der Waals surface area (Å²) in [5.74, 6) is -1.96. The molecule has 1 aromatic rings. The molecule has 1 heterocycles. The van der Waals surface area contributed by atoms with E-state index in [0.29, 0.717) is 56.3 Å². The van der Waals surface area contributed by atoms with Crippen LogP contribution in [0.4, 0.5) is 0 Å². The second-order valence-corrected chi connectivity index (χ2v) is 14.3. The number of methoxy groups -OCH3 is 2. The molecule has 6 aliphatic rings. The number of rotatable bonds is 9. The van der Waals surface area contributed by atoms with Crippen LogP contribution in [0.2, 0.25) is 0 Å². The van der Waals surface area contributed by atoms with E-state index >= 15 is 0 Å². The van der Waals surface area contributed by atoms with Crippen LogP contribution in [0.25, 0.3) is 0 Å². The number of esters is 2. The summed E-state index contributed by atoms with van der Waals surface area (Å²) < 4.78 is 23.9. The van der Waals surface area contributed by atoms with Crippen LogP contribution in [0.1, 0.15) is 61.9 Å². The molecule has 10 nitrogen and oxygen atoms in total. The molecule has 5 aliphatic carbocycles. The fourth-order valence-electron chi connectivity index (χ4n) is 12.0. The molecule has 3 N–H and O–H groups in total. The Kier molecular flexibility index (Phi) is 7.27. The fourth-order valence-corrected chi connectivity index (χ4v) is 12.0. The third-order valence-corrected chi connectivity index (χ3v) is 13.2. The van der Waals surface area contributed by atoms with E-state index in [-0.39, 0.29) is 61.4 Å². The minimum Gasteiger partial charge on any atom is -0.466 e. The van der Waals surface area contributed by atoms with Gasteiger partial charge in [0, 0.05) is 68.9 Å². The van der Waals surface area contributed by atoms with Crippen LogP contribution in [0.15, 0.2) is 24.3 Å². The number of likely N-dealkylation sites (tertiary alicyclic amines) is 1. The topological polar surface area (TPSA) is 135 Å². The van der Waals surface area contributed by atoms with Crippen molar-refractivity contribution in [3.8, 4) is 0 Å². The van der Waals surface area contributed by atoms with Crippen LogP contribution in [0, 0.1) is 35.0 Å².